The van der Waals surface area contributed by atoms with Crippen LogP contribution in [0.25, 0.3) is 0 Å². The third-order valence-corrected chi connectivity index (χ3v) is 3.58. The minimum absolute atomic E-state index is 0.478. The molecule has 0 saturated carbocycles. The number of primary amides is 1. The maximum atomic E-state index is 11.7. The number of hydrogen-bond donors (Lipinski definition) is 1. The molecule has 0 atom stereocenters. The molecule has 0 unspecified atom stereocenters. The number of carbonyl (C=O) groups is 1. The molecule has 0 aliphatic carbocycles. The highest BCUT2D eigenvalue weighted by atomic mass is 127. The van der Waals surface area contributed by atoms with E-state index >= 15 is 0 Å². The number of urea groups is 1. The van der Waals surface area contributed by atoms with Crippen molar-refractivity contribution in [2.75, 3.05) is 4.90 Å². The van der Waals surface area contributed by atoms with E-state index in [2.05, 4.69) is 22.6 Å². The highest BCUT2D eigenvalue weighted by molar-refractivity contribution is 14.1. The van der Waals surface area contributed by atoms with Gasteiger partial charge < -0.3 is 5.73 Å². The molecule has 0 heterocycles. The average molecular weight is 352 g/mol. The van der Waals surface area contributed by atoms with E-state index < -0.39 is 6.03 Å². The summed E-state index contributed by atoms with van der Waals surface area (Å²) in [5, 5.41) is 0. The molecule has 2 rings (SSSR count). The molecule has 92 valence electrons. The number of hydrogen-bond acceptors (Lipinski definition) is 1. The average Bonchev–Trinajstić information content (AvgIpc) is 2.34. The lowest BCUT2D eigenvalue weighted by Gasteiger charge is -2.23. The predicted octanol–water partition coefficient (Wildman–Crippen LogP) is 3.82. The van der Waals surface area contributed by atoms with Gasteiger partial charge in [0.15, 0.2) is 0 Å². The largest absolute Gasteiger partial charge is 0.351 e. The molecular weight excluding hydrogens is 339 g/mol. The fourth-order valence-electron chi connectivity index (χ4n) is 1.81. The molecule has 2 aromatic rings. The number of aryl methyl sites for hydroxylation is 1. The van der Waals surface area contributed by atoms with Gasteiger partial charge in [-0.2, -0.15) is 0 Å². The summed E-state index contributed by atoms with van der Waals surface area (Å²) in [4.78, 5) is 13.3. The third-order valence-electron chi connectivity index (χ3n) is 2.67. The maximum Gasteiger partial charge on any atom is 0.323 e. The molecule has 2 amide bonds. The number of benzene rings is 2. The number of nitrogens with zero attached hydrogens (tertiary/aromatic N) is 1. The number of amides is 2. The zero-order chi connectivity index (χ0) is 13.1. The highest BCUT2D eigenvalue weighted by Gasteiger charge is 2.18. The molecule has 0 spiro atoms. The fraction of sp³-hybridized carbons (Fsp3) is 0.0714. The Morgan fingerprint density at radius 3 is 2.17 bits per heavy atom. The van der Waals surface area contributed by atoms with Crippen LogP contribution in [0.3, 0.4) is 0 Å². The van der Waals surface area contributed by atoms with Crippen LogP contribution in [0.15, 0.2) is 48.5 Å². The van der Waals surface area contributed by atoms with Crippen molar-refractivity contribution in [1.82, 2.24) is 0 Å². The maximum absolute atomic E-state index is 11.7. The Hall–Kier alpha value is -1.56. The second kappa shape index (κ2) is 5.39. The predicted molar refractivity (Wildman–Crippen MR) is 82.1 cm³/mol. The highest BCUT2D eigenvalue weighted by Crippen LogP contribution is 2.31. The van der Waals surface area contributed by atoms with Gasteiger partial charge in [0.25, 0.3) is 0 Å². The molecular formula is C14H13IN2O. The van der Waals surface area contributed by atoms with Crippen molar-refractivity contribution in [3.8, 4) is 0 Å². The first-order valence-corrected chi connectivity index (χ1v) is 6.59. The van der Waals surface area contributed by atoms with Crippen LogP contribution in [0, 0.1) is 10.5 Å². The summed E-state index contributed by atoms with van der Waals surface area (Å²) < 4.78 is 0.983. The Kier molecular flexibility index (Phi) is 3.86. The van der Waals surface area contributed by atoms with E-state index in [1.807, 2.05) is 55.5 Å². The van der Waals surface area contributed by atoms with Crippen LogP contribution in [0.1, 0.15) is 5.56 Å². The van der Waals surface area contributed by atoms with Crippen LogP contribution in [-0.2, 0) is 0 Å². The van der Waals surface area contributed by atoms with Gasteiger partial charge in [-0.1, -0.05) is 30.3 Å². The summed E-state index contributed by atoms with van der Waals surface area (Å²) in [6, 6.07) is 14.9. The van der Waals surface area contributed by atoms with Crippen molar-refractivity contribution in [3.63, 3.8) is 0 Å². The van der Waals surface area contributed by atoms with Gasteiger partial charge in [0.1, 0.15) is 0 Å². The molecule has 0 aliphatic heterocycles. The van der Waals surface area contributed by atoms with Crippen molar-refractivity contribution in [2.45, 2.75) is 6.92 Å². The number of rotatable bonds is 2. The van der Waals surface area contributed by atoms with Crippen molar-refractivity contribution in [3.05, 3.63) is 57.7 Å². The van der Waals surface area contributed by atoms with Crippen LogP contribution in [0.4, 0.5) is 16.2 Å². The molecule has 0 aromatic heterocycles. The normalized spacial score (nSPS) is 10.1. The summed E-state index contributed by atoms with van der Waals surface area (Å²) in [6.07, 6.45) is 0. The minimum Gasteiger partial charge on any atom is -0.351 e. The first-order chi connectivity index (χ1) is 8.61. The Labute approximate surface area is 120 Å². The topological polar surface area (TPSA) is 46.3 Å². The third kappa shape index (κ3) is 2.48. The Morgan fingerprint density at radius 2 is 1.61 bits per heavy atom. The van der Waals surface area contributed by atoms with Gasteiger partial charge >= 0.3 is 6.03 Å². The lowest BCUT2D eigenvalue weighted by atomic mass is 10.1. The van der Waals surface area contributed by atoms with Crippen molar-refractivity contribution in [2.24, 2.45) is 5.73 Å². The summed E-state index contributed by atoms with van der Waals surface area (Å²) in [5.41, 5.74) is 8.15. The summed E-state index contributed by atoms with van der Waals surface area (Å²) in [5.74, 6) is 0. The zero-order valence-electron chi connectivity index (χ0n) is 9.93. The molecule has 0 saturated heterocycles. The molecule has 3 nitrogen and oxygen atoms in total. The Bertz CT molecular complexity index is 538. The van der Waals surface area contributed by atoms with E-state index in [-0.39, 0.29) is 0 Å². The molecule has 0 radical (unpaired) electrons. The van der Waals surface area contributed by atoms with Gasteiger partial charge in [-0.25, -0.2) is 4.79 Å². The van der Waals surface area contributed by atoms with Gasteiger partial charge in [-0.3, -0.25) is 4.90 Å². The number of halogens is 1. The second-order valence-electron chi connectivity index (χ2n) is 3.91. The lowest BCUT2D eigenvalue weighted by Crippen LogP contribution is -2.32. The van der Waals surface area contributed by atoms with E-state index in [1.165, 1.54) is 4.90 Å². The van der Waals surface area contributed by atoms with E-state index in [1.54, 1.807) is 0 Å². The smallest absolute Gasteiger partial charge is 0.323 e. The van der Waals surface area contributed by atoms with Crippen molar-refractivity contribution < 1.29 is 4.79 Å². The molecule has 18 heavy (non-hydrogen) atoms. The molecule has 0 aliphatic rings. The first-order valence-electron chi connectivity index (χ1n) is 5.51. The Balaban J connectivity index is 2.58. The monoisotopic (exact) mass is 352 g/mol. The van der Waals surface area contributed by atoms with Crippen LogP contribution in [-0.4, -0.2) is 6.03 Å². The standard InChI is InChI=1S/C14H13IN2O/c1-10-6-2-4-8-12(10)17(14(16)18)13-9-5-3-7-11(13)15/h2-9H,1H3,(H2,16,18). The molecule has 2 N–H and O–H groups in total. The molecule has 0 fully saturated rings. The Morgan fingerprint density at radius 1 is 1.06 bits per heavy atom. The van der Waals surface area contributed by atoms with Crippen molar-refractivity contribution >= 4 is 40.0 Å². The van der Waals surface area contributed by atoms with E-state index in [0.717, 1.165) is 20.5 Å². The SMILES string of the molecule is Cc1ccccc1N(C(N)=O)c1ccccc1I. The van der Waals surface area contributed by atoms with Crippen LogP contribution < -0.4 is 10.6 Å². The number of para-hydroxylation sites is 2. The quantitative estimate of drug-likeness (QED) is 0.821. The van der Waals surface area contributed by atoms with Gasteiger partial charge in [-0.05, 0) is 53.3 Å². The minimum atomic E-state index is -0.478. The molecule has 4 heteroatoms. The molecule has 2 aromatic carbocycles. The van der Waals surface area contributed by atoms with E-state index in [0.29, 0.717) is 0 Å². The van der Waals surface area contributed by atoms with Crippen LogP contribution >= 0.6 is 22.6 Å². The van der Waals surface area contributed by atoms with Gasteiger partial charge in [-0.15, -0.1) is 0 Å². The number of carbonyl (C=O) groups excluding carboxylic acids is 1. The number of nitrogens with two attached hydrogens (primary N) is 1. The number of anilines is 2. The van der Waals surface area contributed by atoms with Gasteiger partial charge in [0.2, 0.25) is 0 Å². The summed E-state index contributed by atoms with van der Waals surface area (Å²) in [6.45, 7) is 1.96. The van der Waals surface area contributed by atoms with Gasteiger partial charge in [0.05, 0.1) is 11.4 Å². The first kappa shape index (κ1) is 12.9. The summed E-state index contributed by atoms with van der Waals surface area (Å²) >= 11 is 2.20. The van der Waals surface area contributed by atoms with E-state index in [9.17, 15) is 4.79 Å². The van der Waals surface area contributed by atoms with Crippen molar-refractivity contribution in [1.29, 1.82) is 0 Å². The second-order valence-corrected chi connectivity index (χ2v) is 5.07. The van der Waals surface area contributed by atoms with Gasteiger partial charge in [0, 0.05) is 3.57 Å². The fourth-order valence-corrected chi connectivity index (χ4v) is 2.44. The molecule has 0 bridgehead atoms. The zero-order valence-corrected chi connectivity index (χ0v) is 12.1. The van der Waals surface area contributed by atoms with Crippen LogP contribution in [0.5, 0.6) is 0 Å². The van der Waals surface area contributed by atoms with E-state index in [4.69, 9.17) is 5.73 Å². The summed E-state index contributed by atoms with van der Waals surface area (Å²) in [7, 11) is 0. The van der Waals surface area contributed by atoms with Crippen LogP contribution in [0.2, 0.25) is 0 Å². The lowest BCUT2D eigenvalue weighted by molar-refractivity contribution is 0.256.